The van der Waals surface area contributed by atoms with E-state index in [4.69, 9.17) is 9.47 Å². The second-order valence-electron chi connectivity index (χ2n) is 5.69. The number of benzene rings is 2. The van der Waals surface area contributed by atoms with E-state index in [1.165, 1.54) is 6.07 Å². The number of hydrogen-bond donors (Lipinski definition) is 0. The normalized spacial score (nSPS) is 16.8. The highest BCUT2D eigenvalue weighted by Gasteiger charge is 2.31. The molecule has 0 spiro atoms. The van der Waals surface area contributed by atoms with E-state index in [0.29, 0.717) is 23.6 Å². The fourth-order valence-corrected chi connectivity index (χ4v) is 4.18. The van der Waals surface area contributed by atoms with E-state index in [1.807, 2.05) is 18.2 Å². The number of methoxy groups -OCH3 is 2. The molecule has 1 heterocycles. The lowest BCUT2D eigenvalue weighted by Crippen LogP contribution is -2.31. The van der Waals surface area contributed by atoms with E-state index < -0.39 is 0 Å². The molecule has 0 radical (unpaired) electrons. The van der Waals surface area contributed by atoms with Crippen molar-refractivity contribution >= 4 is 17.7 Å². The lowest BCUT2D eigenvalue weighted by molar-refractivity contribution is -0.130. The third kappa shape index (κ3) is 3.74. The van der Waals surface area contributed by atoms with Crippen molar-refractivity contribution in [3.63, 3.8) is 0 Å². The molecule has 1 amide bonds. The van der Waals surface area contributed by atoms with Gasteiger partial charge in [-0.15, -0.1) is 11.8 Å². The first-order chi connectivity index (χ1) is 12.1. The Bertz CT molecular complexity index is 768. The molecule has 2 aromatic rings. The topological polar surface area (TPSA) is 38.8 Å². The number of carbonyl (C=O) groups excluding carboxylic acids is 1. The molecule has 6 heteroatoms. The molecule has 1 fully saturated rings. The maximum absolute atomic E-state index is 13.8. The Hall–Kier alpha value is -2.21. The van der Waals surface area contributed by atoms with Crippen LogP contribution < -0.4 is 9.47 Å². The van der Waals surface area contributed by atoms with Crippen molar-refractivity contribution in [2.24, 2.45) is 0 Å². The molecule has 3 rings (SSSR count). The van der Waals surface area contributed by atoms with Gasteiger partial charge in [-0.25, -0.2) is 4.39 Å². The molecule has 1 atom stereocenters. The van der Waals surface area contributed by atoms with E-state index in [1.54, 1.807) is 49.1 Å². The Kier molecular flexibility index (Phi) is 5.48. The second kappa shape index (κ2) is 7.78. The number of thioether (sulfide) groups is 1. The summed E-state index contributed by atoms with van der Waals surface area (Å²) in [5.41, 5.74) is 1.40. The van der Waals surface area contributed by atoms with E-state index in [-0.39, 0.29) is 23.5 Å². The molecule has 0 saturated carbocycles. The number of rotatable bonds is 5. The van der Waals surface area contributed by atoms with Crippen LogP contribution in [0.3, 0.4) is 0 Å². The van der Waals surface area contributed by atoms with Gasteiger partial charge in [0.2, 0.25) is 5.91 Å². The first kappa shape index (κ1) is 17.6. The average Bonchev–Trinajstić information content (AvgIpc) is 3.13. The fraction of sp³-hybridized carbons (Fsp3) is 0.316. The molecular formula is C19H20FNO3S. The van der Waals surface area contributed by atoms with Crippen molar-refractivity contribution in [3.8, 4) is 11.5 Å². The molecule has 0 aliphatic carbocycles. The van der Waals surface area contributed by atoms with Crippen LogP contribution in [0.5, 0.6) is 11.5 Å². The summed E-state index contributed by atoms with van der Waals surface area (Å²) in [4.78, 5) is 14.5. The summed E-state index contributed by atoms with van der Waals surface area (Å²) in [6, 6.07) is 12.1. The van der Waals surface area contributed by atoms with Crippen LogP contribution in [0, 0.1) is 5.82 Å². The van der Waals surface area contributed by atoms with Gasteiger partial charge in [-0.2, -0.15) is 0 Å². The third-order valence-electron chi connectivity index (χ3n) is 4.20. The Morgan fingerprint density at radius 2 is 1.96 bits per heavy atom. The van der Waals surface area contributed by atoms with Gasteiger partial charge in [0.25, 0.3) is 0 Å². The predicted molar refractivity (Wildman–Crippen MR) is 96.6 cm³/mol. The Balaban J connectivity index is 1.80. The molecule has 0 N–H and O–H groups in total. The third-order valence-corrected chi connectivity index (χ3v) is 5.46. The number of hydrogen-bond acceptors (Lipinski definition) is 4. The summed E-state index contributed by atoms with van der Waals surface area (Å²) in [5, 5.41) is -0.0981. The highest BCUT2D eigenvalue weighted by molar-refractivity contribution is 7.99. The lowest BCUT2D eigenvalue weighted by atomic mass is 10.1. The van der Waals surface area contributed by atoms with Gasteiger partial charge < -0.3 is 14.4 Å². The van der Waals surface area contributed by atoms with Gasteiger partial charge in [0, 0.05) is 12.3 Å². The first-order valence-corrected chi connectivity index (χ1v) is 9.05. The average molecular weight is 361 g/mol. The van der Waals surface area contributed by atoms with Crippen LogP contribution in [-0.2, 0) is 11.2 Å². The Labute approximate surface area is 150 Å². The van der Waals surface area contributed by atoms with Crippen LogP contribution in [0.4, 0.5) is 4.39 Å². The highest BCUT2D eigenvalue weighted by Crippen LogP contribution is 2.41. The maximum Gasteiger partial charge on any atom is 0.228 e. The predicted octanol–water partition coefficient (Wildman–Crippen LogP) is 3.66. The summed E-state index contributed by atoms with van der Waals surface area (Å²) in [5.74, 6) is 1.72. The van der Waals surface area contributed by atoms with Gasteiger partial charge in [-0.3, -0.25) is 4.79 Å². The number of carbonyl (C=O) groups is 1. The summed E-state index contributed by atoms with van der Waals surface area (Å²) < 4.78 is 24.5. The van der Waals surface area contributed by atoms with Crippen molar-refractivity contribution in [3.05, 3.63) is 59.4 Å². The van der Waals surface area contributed by atoms with Gasteiger partial charge in [0.05, 0.1) is 20.6 Å². The fourth-order valence-electron chi connectivity index (χ4n) is 2.91. The maximum atomic E-state index is 13.8. The molecule has 25 heavy (non-hydrogen) atoms. The van der Waals surface area contributed by atoms with E-state index in [2.05, 4.69) is 0 Å². The van der Waals surface area contributed by atoms with Crippen LogP contribution in [0.1, 0.15) is 16.5 Å². The van der Waals surface area contributed by atoms with Crippen molar-refractivity contribution in [2.45, 2.75) is 11.8 Å². The Morgan fingerprint density at radius 1 is 1.20 bits per heavy atom. The lowest BCUT2D eigenvalue weighted by Gasteiger charge is -2.25. The summed E-state index contributed by atoms with van der Waals surface area (Å²) in [7, 11) is 3.18. The minimum atomic E-state index is -0.342. The minimum absolute atomic E-state index is 0.0665. The number of ether oxygens (including phenoxy) is 2. The highest BCUT2D eigenvalue weighted by atomic mass is 32.2. The van der Waals surface area contributed by atoms with Gasteiger partial charge in [0.15, 0.2) is 11.5 Å². The van der Waals surface area contributed by atoms with Gasteiger partial charge >= 0.3 is 0 Å². The van der Waals surface area contributed by atoms with E-state index in [9.17, 15) is 9.18 Å². The summed E-state index contributed by atoms with van der Waals surface area (Å²) in [6.45, 7) is 0.650. The van der Waals surface area contributed by atoms with Crippen LogP contribution >= 0.6 is 11.8 Å². The zero-order valence-corrected chi connectivity index (χ0v) is 15.0. The van der Waals surface area contributed by atoms with Crippen molar-refractivity contribution in [1.82, 2.24) is 4.90 Å². The van der Waals surface area contributed by atoms with Crippen molar-refractivity contribution in [2.75, 3.05) is 26.5 Å². The monoisotopic (exact) mass is 361 g/mol. The molecule has 0 bridgehead atoms. The zero-order valence-electron chi connectivity index (χ0n) is 14.2. The van der Waals surface area contributed by atoms with Crippen LogP contribution in [0.25, 0.3) is 0 Å². The van der Waals surface area contributed by atoms with Crippen LogP contribution in [0.15, 0.2) is 42.5 Å². The number of halogens is 1. The summed E-state index contributed by atoms with van der Waals surface area (Å²) in [6.07, 6.45) is 0.0665. The molecular weight excluding hydrogens is 341 g/mol. The molecule has 2 aromatic carbocycles. The second-order valence-corrected chi connectivity index (χ2v) is 6.88. The Morgan fingerprint density at radius 3 is 2.68 bits per heavy atom. The molecule has 1 aliphatic heterocycles. The molecule has 1 unspecified atom stereocenters. The zero-order chi connectivity index (χ0) is 17.8. The standard InChI is InChI=1S/C19H20FNO3S/c1-23-16-8-7-14(11-17(16)24-2)19-21(9-10-25-19)18(22)12-13-5-3-4-6-15(13)20/h3-8,11,19H,9-10,12H2,1-2H3. The van der Waals surface area contributed by atoms with Gasteiger partial charge in [-0.05, 0) is 29.3 Å². The van der Waals surface area contributed by atoms with E-state index >= 15 is 0 Å². The molecule has 132 valence electrons. The van der Waals surface area contributed by atoms with Crippen molar-refractivity contribution < 1.29 is 18.7 Å². The first-order valence-electron chi connectivity index (χ1n) is 8.00. The van der Waals surface area contributed by atoms with Crippen LogP contribution in [0.2, 0.25) is 0 Å². The SMILES string of the molecule is COc1ccc(C2SCCN2C(=O)Cc2ccccc2F)cc1OC. The van der Waals surface area contributed by atoms with Crippen LogP contribution in [-0.4, -0.2) is 37.3 Å². The van der Waals surface area contributed by atoms with Gasteiger partial charge in [0.1, 0.15) is 11.2 Å². The molecule has 4 nitrogen and oxygen atoms in total. The smallest absolute Gasteiger partial charge is 0.228 e. The quantitative estimate of drug-likeness (QED) is 0.815. The van der Waals surface area contributed by atoms with Crippen molar-refractivity contribution in [1.29, 1.82) is 0 Å². The molecule has 0 aromatic heterocycles. The largest absolute Gasteiger partial charge is 0.493 e. The number of nitrogens with zero attached hydrogens (tertiary/aromatic N) is 1. The number of amides is 1. The summed E-state index contributed by atoms with van der Waals surface area (Å²) >= 11 is 1.69. The molecule has 1 aliphatic rings. The van der Waals surface area contributed by atoms with E-state index in [0.717, 1.165) is 11.3 Å². The minimum Gasteiger partial charge on any atom is -0.493 e. The van der Waals surface area contributed by atoms with Gasteiger partial charge in [-0.1, -0.05) is 24.3 Å². The molecule has 1 saturated heterocycles.